The van der Waals surface area contributed by atoms with Crippen molar-refractivity contribution in [1.29, 1.82) is 0 Å². The summed E-state index contributed by atoms with van der Waals surface area (Å²) in [5.74, 6) is -0.884. The third-order valence-electron chi connectivity index (χ3n) is 9.28. The lowest BCUT2D eigenvalue weighted by atomic mass is 9.78. The number of rotatable bonds is 7. The van der Waals surface area contributed by atoms with Crippen molar-refractivity contribution < 1.29 is 32.4 Å². The molecule has 0 aliphatic carbocycles. The summed E-state index contributed by atoms with van der Waals surface area (Å²) >= 11 is 6.58. The Morgan fingerprint density at radius 1 is 1.00 bits per heavy atom. The van der Waals surface area contributed by atoms with Gasteiger partial charge in [0.2, 0.25) is 0 Å². The second-order valence-corrected chi connectivity index (χ2v) is 12.1. The number of carbonyl (C=O) groups is 2. The maximum atomic E-state index is 14.0. The Bertz CT molecular complexity index is 1440. The van der Waals surface area contributed by atoms with Crippen LogP contribution in [0.4, 0.5) is 18.9 Å². The van der Waals surface area contributed by atoms with Crippen molar-refractivity contribution in [3.8, 4) is 0 Å². The molecule has 0 saturated carbocycles. The van der Waals surface area contributed by atoms with Crippen molar-refractivity contribution in [1.82, 2.24) is 15.0 Å². The highest BCUT2D eigenvalue weighted by molar-refractivity contribution is 6.34. The van der Waals surface area contributed by atoms with Gasteiger partial charge in [-0.15, -0.1) is 0 Å². The van der Waals surface area contributed by atoms with Gasteiger partial charge >= 0.3 is 6.18 Å². The van der Waals surface area contributed by atoms with Gasteiger partial charge in [0.1, 0.15) is 12.0 Å². The van der Waals surface area contributed by atoms with E-state index in [1.807, 2.05) is 19.1 Å². The van der Waals surface area contributed by atoms with Crippen LogP contribution in [0.2, 0.25) is 5.02 Å². The van der Waals surface area contributed by atoms with E-state index in [0.717, 1.165) is 48.7 Å². The Morgan fingerprint density at radius 2 is 1.61 bits per heavy atom. The quantitative estimate of drug-likeness (QED) is 0.340. The molecule has 236 valence electrons. The van der Waals surface area contributed by atoms with Crippen molar-refractivity contribution in [2.24, 2.45) is 11.8 Å². The van der Waals surface area contributed by atoms with Gasteiger partial charge in [0.25, 0.3) is 17.4 Å². The maximum absolute atomic E-state index is 14.0. The van der Waals surface area contributed by atoms with Gasteiger partial charge in [0.05, 0.1) is 16.6 Å². The summed E-state index contributed by atoms with van der Waals surface area (Å²) < 4.78 is 46.9. The molecule has 2 fully saturated rings. The van der Waals surface area contributed by atoms with Gasteiger partial charge in [-0.05, 0) is 62.6 Å². The van der Waals surface area contributed by atoms with Crippen LogP contribution < -0.4 is 4.90 Å². The second-order valence-electron chi connectivity index (χ2n) is 11.7. The summed E-state index contributed by atoms with van der Waals surface area (Å²) in [7, 11) is 1.69. The number of alkyl halides is 3. The largest absolute Gasteiger partial charge is 0.430 e. The van der Waals surface area contributed by atoms with Crippen LogP contribution >= 0.6 is 11.6 Å². The third kappa shape index (κ3) is 6.17. The fourth-order valence-corrected chi connectivity index (χ4v) is 6.65. The summed E-state index contributed by atoms with van der Waals surface area (Å²) in [4.78, 5) is 31.1. The molecule has 2 unspecified atom stereocenters. The predicted molar refractivity (Wildman–Crippen MR) is 159 cm³/mol. The number of aromatic nitrogens is 1. The number of anilines is 1. The van der Waals surface area contributed by atoms with Gasteiger partial charge in [-0.2, -0.15) is 13.2 Å². The summed E-state index contributed by atoms with van der Waals surface area (Å²) in [6.45, 7) is 3.75. The van der Waals surface area contributed by atoms with E-state index < -0.39 is 23.2 Å². The van der Waals surface area contributed by atoms with Gasteiger partial charge in [-0.25, -0.2) is 0 Å². The smallest absolute Gasteiger partial charge is 0.371 e. The molecule has 1 aromatic heterocycles. The monoisotopic (exact) mass is 632 g/mol. The molecule has 12 heteroatoms. The van der Waals surface area contributed by atoms with E-state index in [4.69, 9.17) is 16.1 Å². The van der Waals surface area contributed by atoms with E-state index in [1.165, 1.54) is 24.5 Å². The molecule has 1 N–H and O–H groups in total. The first kappa shape index (κ1) is 31.8. The highest BCUT2D eigenvalue weighted by Crippen LogP contribution is 2.42. The summed E-state index contributed by atoms with van der Waals surface area (Å²) in [6.07, 6.45) is -0.722. The Balaban J connectivity index is 1.15. The molecular weight excluding hydrogens is 597 g/mol. The molecule has 3 heterocycles. The van der Waals surface area contributed by atoms with Crippen LogP contribution in [-0.2, 0) is 10.4 Å². The van der Waals surface area contributed by atoms with Crippen LogP contribution in [0.5, 0.6) is 0 Å². The average Bonchev–Trinajstić information content (AvgIpc) is 3.58. The number of aliphatic hydroxyl groups is 1. The molecule has 2 amide bonds. The first-order chi connectivity index (χ1) is 20.9. The molecule has 2 aromatic carbocycles. The van der Waals surface area contributed by atoms with Crippen LogP contribution in [-0.4, -0.2) is 71.3 Å². The number of likely N-dealkylation sites (tertiary alicyclic amines) is 1. The van der Waals surface area contributed by atoms with Crippen molar-refractivity contribution in [3.63, 3.8) is 0 Å². The van der Waals surface area contributed by atoms with Crippen LogP contribution in [0.1, 0.15) is 60.3 Å². The first-order valence-electron chi connectivity index (χ1n) is 14.8. The second kappa shape index (κ2) is 12.8. The van der Waals surface area contributed by atoms with E-state index in [0.29, 0.717) is 35.0 Å². The molecule has 5 rings (SSSR count). The number of hydrogen-bond donors (Lipinski definition) is 1. The molecule has 2 atom stereocenters. The lowest BCUT2D eigenvalue weighted by Crippen LogP contribution is -2.57. The number of carbonyl (C=O) groups excluding carboxylic acids is 2. The minimum absolute atomic E-state index is 0.170. The SMILES string of the molecule is CC(c1ccon1)N(C)C(=O)c1ccc(N2CCC(C3CCN(C(=O)C(O)(c4ccccc4)C(F)(F)F)CC3)CC2)cc1Cl. The van der Waals surface area contributed by atoms with Gasteiger partial charge in [-0.3, -0.25) is 9.59 Å². The normalized spacial score (nSPS) is 19.0. The standard InChI is InChI=1S/C32H36ClF3N4O4/c1-21(28-14-19-44-37-28)38(2)29(41)26-9-8-25(20-27(26)33)39-15-10-22(11-16-39)23-12-17-40(18-13-23)30(42)31(43,32(34,35)36)24-6-4-3-5-7-24/h3-9,14,19-23,43H,10-13,15-18H2,1-2H3. The van der Waals surface area contributed by atoms with Crippen LogP contribution in [0, 0.1) is 11.8 Å². The minimum Gasteiger partial charge on any atom is -0.371 e. The van der Waals surface area contributed by atoms with E-state index in [-0.39, 0.29) is 31.0 Å². The first-order valence-corrected chi connectivity index (χ1v) is 15.2. The average molecular weight is 633 g/mol. The molecule has 0 radical (unpaired) electrons. The van der Waals surface area contributed by atoms with Crippen LogP contribution in [0.3, 0.4) is 0 Å². The molecule has 3 aromatic rings. The highest BCUT2D eigenvalue weighted by Gasteiger charge is 2.62. The number of nitrogens with zero attached hydrogens (tertiary/aromatic N) is 4. The summed E-state index contributed by atoms with van der Waals surface area (Å²) in [5.41, 5.74) is -2.08. The van der Waals surface area contributed by atoms with Crippen molar-refractivity contribution >= 4 is 29.1 Å². The van der Waals surface area contributed by atoms with Crippen LogP contribution in [0.25, 0.3) is 0 Å². The Hall–Kier alpha value is -3.57. The minimum atomic E-state index is -5.14. The predicted octanol–water partition coefficient (Wildman–Crippen LogP) is 6.07. The zero-order chi connectivity index (χ0) is 31.6. The van der Waals surface area contributed by atoms with Crippen LogP contribution in [0.15, 0.2) is 65.4 Å². The Labute approximate surface area is 259 Å². The molecule has 2 aliphatic rings. The van der Waals surface area contributed by atoms with Gasteiger partial charge in [0, 0.05) is 50.5 Å². The molecular formula is C32H36ClF3N4O4. The van der Waals surface area contributed by atoms with Gasteiger partial charge in [-0.1, -0.05) is 47.1 Å². The van der Waals surface area contributed by atoms with Gasteiger partial charge < -0.3 is 24.3 Å². The van der Waals surface area contributed by atoms with E-state index in [2.05, 4.69) is 10.1 Å². The van der Waals surface area contributed by atoms with E-state index in [1.54, 1.807) is 24.1 Å². The lowest BCUT2D eigenvalue weighted by molar-refractivity contribution is -0.262. The molecule has 2 saturated heterocycles. The summed E-state index contributed by atoms with van der Waals surface area (Å²) in [5, 5.41) is 15.0. The molecule has 8 nitrogen and oxygen atoms in total. The van der Waals surface area contributed by atoms with E-state index >= 15 is 0 Å². The maximum Gasteiger partial charge on any atom is 0.430 e. The fraction of sp³-hybridized carbons (Fsp3) is 0.469. The Kier molecular flexibility index (Phi) is 9.27. The molecule has 0 spiro atoms. The van der Waals surface area contributed by atoms with E-state index in [9.17, 15) is 27.9 Å². The van der Waals surface area contributed by atoms with Crippen molar-refractivity contribution in [2.45, 2.75) is 50.4 Å². The zero-order valence-electron chi connectivity index (χ0n) is 24.6. The fourth-order valence-electron chi connectivity index (χ4n) is 6.40. The number of halogens is 4. The number of hydrogen-bond acceptors (Lipinski definition) is 6. The Morgan fingerprint density at radius 3 is 2.16 bits per heavy atom. The lowest BCUT2D eigenvalue weighted by Gasteiger charge is -2.42. The van der Waals surface area contributed by atoms with Crippen molar-refractivity contribution in [3.05, 3.63) is 82.7 Å². The van der Waals surface area contributed by atoms with Gasteiger partial charge in [0.15, 0.2) is 0 Å². The van der Waals surface area contributed by atoms with Crippen molar-refractivity contribution in [2.75, 3.05) is 38.1 Å². The molecule has 44 heavy (non-hydrogen) atoms. The number of amides is 2. The molecule has 2 aliphatic heterocycles. The highest BCUT2D eigenvalue weighted by atomic mass is 35.5. The summed E-state index contributed by atoms with van der Waals surface area (Å²) in [6, 6.07) is 13.4. The number of piperidine rings is 2. The topological polar surface area (TPSA) is 90.1 Å². The number of benzene rings is 2. The third-order valence-corrected chi connectivity index (χ3v) is 9.59. The zero-order valence-corrected chi connectivity index (χ0v) is 25.4. The molecule has 0 bridgehead atoms.